The highest BCUT2D eigenvalue weighted by Crippen LogP contribution is 2.43. The highest BCUT2D eigenvalue weighted by molar-refractivity contribution is 6.10. The van der Waals surface area contributed by atoms with Gasteiger partial charge in [0.2, 0.25) is 0 Å². The molecule has 0 atom stereocenters. The monoisotopic (exact) mass is 548 g/mol. The van der Waals surface area contributed by atoms with E-state index >= 15 is 0 Å². The van der Waals surface area contributed by atoms with Gasteiger partial charge in [0.1, 0.15) is 0 Å². The van der Waals surface area contributed by atoms with Gasteiger partial charge in [0.05, 0.1) is 16.7 Å². The van der Waals surface area contributed by atoms with E-state index in [1.807, 2.05) is 18.5 Å². The second-order valence-electron chi connectivity index (χ2n) is 10.8. The molecule has 6 aromatic carbocycles. The molecule has 2 aromatic heterocycles. The highest BCUT2D eigenvalue weighted by Gasteiger charge is 2.19. The maximum atomic E-state index is 4.41. The van der Waals surface area contributed by atoms with Crippen LogP contribution in [0.1, 0.15) is 0 Å². The van der Waals surface area contributed by atoms with Gasteiger partial charge < -0.3 is 4.57 Å². The van der Waals surface area contributed by atoms with Gasteiger partial charge in [-0.3, -0.25) is 4.98 Å². The average molecular weight is 549 g/mol. The lowest BCUT2D eigenvalue weighted by Crippen LogP contribution is -1.98. The van der Waals surface area contributed by atoms with Crippen molar-refractivity contribution in [3.8, 4) is 50.2 Å². The average Bonchev–Trinajstić information content (AvgIpc) is 3.43. The summed E-state index contributed by atoms with van der Waals surface area (Å²) in [7, 11) is 0. The third kappa shape index (κ3) is 4.24. The van der Waals surface area contributed by atoms with E-state index in [1.165, 1.54) is 66.4 Å². The molecule has 43 heavy (non-hydrogen) atoms. The fraction of sp³-hybridized carbons (Fsp3) is 0. The molecule has 0 bridgehead atoms. The Kier molecular flexibility index (Phi) is 6.16. The van der Waals surface area contributed by atoms with Crippen LogP contribution in [0.4, 0.5) is 0 Å². The van der Waals surface area contributed by atoms with Gasteiger partial charge in [0.25, 0.3) is 0 Å². The lowest BCUT2D eigenvalue weighted by Gasteiger charge is -2.19. The molecule has 0 aliphatic carbocycles. The Morgan fingerprint density at radius 1 is 0.349 bits per heavy atom. The minimum absolute atomic E-state index is 1.11. The molecule has 0 aliphatic heterocycles. The Bertz CT molecular complexity index is 2190. The van der Waals surface area contributed by atoms with E-state index in [4.69, 9.17) is 0 Å². The molecule has 0 aliphatic rings. The normalized spacial score (nSPS) is 11.3. The van der Waals surface area contributed by atoms with Gasteiger partial charge in [0, 0.05) is 34.3 Å². The fourth-order valence-corrected chi connectivity index (χ4v) is 6.48. The predicted octanol–water partition coefficient (Wildman–Crippen LogP) is 10.8. The smallest absolute Gasteiger partial charge is 0.0541 e. The van der Waals surface area contributed by atoms with Crippen LogP contribution < -0.4 is 0 Å². The number of aromatic nitrogens is 2. The molecule has 8 aromatic rings. The Hall–Kier alpha value is -5.73. The van der Waals surface area contributed by atoms with Crippen molar-refractivity contribution in [2.45, 2.75) is 0 Å². The Morgan fingerprint density at radius 2 is 0.767 bits per heavy atom. The molecule has 0 saturated carbocycles. The minimum Gasteiger partial charge on any atom is -0.309 e. The van der Waals surface area contributed by atoms with Crippen LogP contribution in [0.3, 0.4) is 0 Å². The van der Waals surface area contributed by atoms with E-state index in [-0.39, 0.29) is 0 Å². The van der Waals surface area contributed by atoms with Crippen molar-refractivity contribution < 1.29 is 0 Å². The predicted molar refractivity (Wildman–Crippen MR) is 180 cm³/mol. The lowest BCUT2D eigenvalue weighted by atomic mass is 9.86. The Morgan fingerprint density at radius 3 is 1.30 bits per heavy atom. The van der Waals surface area contributed by atoms with Crippen molar-refractivity contribution >= 4 is 21.8 Å². The molecule has 0 spiro atoms. The van der Waals surface area contributed by atoms with Crippen LogP contribution in [0.5, 0.6) is 0 Å². The molecule has 0 unspecified atom stereocenters. The van der Waals surface area contributed by atoms with Gasteiger partial charge in [0.15, 0.2) is 0 Å². The van der Waals surface area contributed by atoms with Crippen LogP contribution >= 0.6 is 0 Å². The molecule has 2 heterocycles. The maximum absolute atomic E-state index is 4.41. The summed E-state index contributed by atoms with van der Waals surface area (Å²) in [6.45, 7) is 0. The van der Waals surface area contributed by atoms with Gasteiger partial charge in [-0.05, 0) is 57.6 Å². The lowest BCUT2D eigenvalue weighted by molar-refractivity contribution is 1.18. The summed E-state index contributed by atoms with van der Waals surface area (Å²) in [6, 6.07) is 56.5. The zero-order valence-corrected chi connectivity index (χ0v) is 23.6. The second kappa shape index (κ2) is 10.6. The summed E-state index contributed by atoms with van der Waals surface area (Å²) >= 11 is 0. The maximum Gasteiger partial charge on any atom is 0.0541 e. The number of rotatable bonds is 5. The minimum atomic E-state index is 1.11. The van der Waals surface area contributed by atoms with E-state index in [0.29, 0.717) is 0 Å². The summed E-state index contributed by atoms with van der Waals surface area (Å²) in [5, 5.41) is 2.53. The van der Waals surface area contributed by atoms with E-state index < -0.39 is 0 Å². The molecule has 0 amide bonds. The number of nitrogens with zero attached hydrogens (tertiary/aromatic N) is 2. The van der Waals surface area contributed by atoms with Crippen LogP contribution in [-0.4, -0.2) is 9.55 Å². The zero-order valence-electron chi connectivity index (χ0n) is 23.6. The second-order valence-corrected chi connectivity index (χ2v) is 10.8. The molecule has 2 nitrogen and oxygen atoms in total. The topological polar surface area (TPSA) is 17.8 Å². The first-order valence-electron chi connectivity index (χ1n) is 14.6. The fourth-order valence-electron chi connectivity index (χ4n) is 6.48. The van der Waals surface area contributed by atoms with Crippen LogP contribution in [0.15, 0.2) is 170 Å². The highest BCUT2D eigenvalue weighted by atomic mass is 15.0. The quantitative estimate of drug-likeness (QED) is 0.209. The van der Waals surface area contributed by atoms with Crippen molar-refractivity contribution in [2.24, 2.45) is 0 Å². The number of hydrogen-bond acceptors (Lipinski definition) is 1. The summed E-state index contributed by atoms with van der Waals surface area (Å²) < 4.78 is 2.42. The van der Waals surface area contributed by atoms with Crippen LogP contribution in [0.2, 0.25) is 0 Å². The molecular weight excluding hydrogens is 520 g/mol. The molecule has 0 saturated heterocycles. The summed E-state index contributed by atoms with van der Waals surface area (Å²) in [4.78, 5) is 4.41. The summed E-state index contributed by atoms with van der Waals surface area (Å²) in [5.41, 5.74) is 13.0. The van der Waals surface area contributed by atoms with E-state index in [1.54, 1.807) is 0 Å². The van der Waals surface area contributed by atoms with Gasteiger partial charge in [-0.25, -0.2) is 0 Å². The molecule has 2 heteroatoms. The number of benzene rings is 6. The van der Waals surface area contributed by atoms with Crippen LogP contribution in [0, 0.1) is 0 Å². The van der Waals surface area contributed by atoms with Crippen LogP contribution in [-0.2, 0) is 0 Å². The molecule has 0 N–H and O–H groups in total. The Balaban J connectivity index is 1.37. The molecule has 202 valence electrons. The van der Waals surface area contributed by atoms with Crippen molar-refractivity contribution in [1.82, 2.24) is 9.55 Å². The zero-order chi connectivity index (χ0) is 28.6. The first kappa shape index (κ1) is 25.0. The molecule has 0 radical (unpaired) electrons. The number of para-hydroxylation sites is 3. The standard InChI is InChI=1S/C41H28N2/c1-2-16-31(30(15-1)29-14-13-27-42-28-29)32-17-3-4-18-33(32)34-19-5-6-20-35(34)36-21-7-10-24-39(36)43-40-25-11-8-22-37(40)38-23-9-12-26-41(38)43/h1-28H. The first-order valence-corrected chi connectivity index (χ1v) is 14.6. The van der Waals surface area contributed by atoms with Gasteiger partial charge in [-0.2, -0.15) is 0 Å². The van der Waals surface area contributed by atoms with Gasteiger partial charge in [-0.1, -0.05) is 133 Å². The van der Waals surface area contributed by atoms with Crippen molar-refractivity contribution in [2.75, 3.05) is 0 Å². The SMILES string of the molecule is c1cncc(-c2ccccc2-c2ccccc2-c2ccccc2-c2ccccc2-n2c3ccccc3c3ccccc32)c1. The summed E-state index contributed by atoms with van der Waals surface area (Å²) in [6.07, 6.45) is 3.77. The van der Waals surface area contributed by atoms with E-state index in [9.17, 15) is 0 Å². The van der Waals surface area contributed by atoms with Gasteiger partial charge in [-0.15, -0.1) is 0 Å². The van der Waals surface area contributed by atoms with E-state index in [0.717, 1.165) is 5.56 Å². The molecule has 8 rings (SSSR count). The van der Waals surface area contributed by atoms with Crippen molar-refractivity contribution in [1.29, 1.82) is 0 Å². The first-order chi connectivity index (χ1) is 21.4. The number of fused-ring (bicyclic) bond motifs is 3. The van der Waals surface area contributed by atoms with E-state index in [2.05, 4.69) is 161 Å². The largest absolute Gasteiger partial charge is 0.309 e. The molecular formula is C41H28N2. The van der Waals surface area contributed by atoms with Crippen molar-refractivity contribution in [3.05, 3.63) is 170 Å². The number of pyridine rings is 1. The Labute approximate surface area is 251 Å². The third-order valence-corrected chi connectivity index (χ3v) is 8.35. The molecule has 0 fully saturated rings. The van der Waals surface area contributed by atoms with Crippen molar-refractivity contribution in [3.63, 3.8) is 0 Å². The van der Waals surface area contributed by atoms with Crippen LogP contribution in [0.25, 0.3) is 72.0 Å². The van der Waals surface area contributed by atoms with Gasteiger partial charge >= 0.3 is 0 Å². The summed E-state index contributed by atoms with van der Waals surface area (Å²) in [5.74, 6) is 0. The third-order valence-electron chi connectivity index (χ3n) is 8.35. The number of hydrogen-bond donors (Lipinski definition) is 0.